The molecule has 1 aliphatic carbocycles. The van der Waals surface area contributed by atoms with Crippen molar-refractivity contribution in [1.29, 1.82) is 0 Å². The van der Waals surface area contributed by atoms with Gasteiger partial charge in [0.25, 0.3) is 0 Å². The van der Waals surface area contributed by atoms with E-state index in [2.05, 4.69) is 20.9 Å². The Morgan fingerprint density at radius 3 is 3.00 bits per heavy atom. The third-order valence-corrected chi connectivity index (χ3v) is 2.59. The van der Waals surface area contributed by atoms with Gasteiger partial charge in [-0.25, -0.2) is 4.98 Å². The van der Waals surface area contributed by atoms with Gasteiger partial charge in [-0.05, 0) is 46.5 Å². The topological polar surface area (TPSA) is 30.0 Å². The third-order valence-electron chi connectivity index (χ3n) is 2.18. The molecule has 0 saturated carbocycles. The van der Waals surface area contributed by atoms with E-state index in [9.17, 15) is 4.79 Å². The van der Waals surface area contributed by atoms with Crippen molar-refractivity contribution in [2.24, 2.45) is 0 Å². The molecule has 0 saturated heterocycles. The summed E-state index contributed by atoms with van der Waals surface area (Å²) in [5.41, 5.74) is 2.96. The lowest BCUT2D eigenvalue weighted by atomic mass is 10.1. The molecule has 0 amide bonds. The van der Waals surface area contributed by atoms with Crippen LogP contribution in [0.15, 0.2) is 10.7 Å². The van der Waals surface area contributed by atoms with Gasteiger partial charge in [0, 0.05) is 6.42 Å². The number of hydrogen-bond donors (Lipinski definition) is 0. The van der Waals surface area contributed by atoms with Crippen LogP contribution in [-0.2, 0) is 6.42 Å². The van der Waals surface area contributed by atoms with Crippen molar-refractivity contribution >= 4 is 21.7 Å². The molecular weight excluding hydrogens is 218 g/mol. The largest absolute Gasteiger partial charge is 0.292 e. The van der Waals surface area contributed by atoms with Crippen molar-refractivity contribution in [2.45, 2.75) is 19.8 Å². The number of Topliss-reactive ketones (excluding diaryl/α,β-unsaturated/α-hetero) is 1. The fraction of sp³-hybridized carbons (Fsp3) is 0.333. The molecule has 0 bridgehead atoms. The second-order valence-electron chi connectivity index (χ2n) is 3.01. The van der Waals surface area contributed by atoms with Crippen molar-refractivity contribution in [3.63, 3.8) is 0 Å². The van der Waals surface area contributed by atoms with E-state index in [0.717, 1.165) is 22.2 Å². The first-order valence-corrected chi connectivity index (χ1v) is 4.67. The van der Waals surface area contributed by atoms with E-state index in [1.165, 1.54) is 0 Å². The molecule has 0 fully saturated rings. The van der Waals surface area contributed by atoms with Crippen LogP contribution in [0.25, 0.3) is 0 Å². The molecule has 2 rings (SSSR count). The van der Waals surface area contributed by atoms with Crippen molar-refractivity contribution < 1.29 is 4.79 Å². The lowest BCUT2D eigenvalue weighted by Gasteiger charge is -2.01. The Labute approximate surface area is 79.1 Å². The summed E-state index contributed by atoms with van der Waals surface area (Å²) >= 11 is 3.28. The maximum atomic E-state index is 11.3. The predicted molar refractivity (Wildman–Crippen MR) is 49.3 cm³/mol. The zero-order valence-corrected chi connectivity index (χ0v) is 8.31. The summed E-state index contributed by atoms with van der Waals surface area (Å²) in [6.45, 7) is 2.02. The average Bonchev–Trinajstić information content (AvgIpc) is 2.33. The Balaban J connectivity index is 2.68. The molecule has 2 nitrogen and oxygen atoms in total. The standard InChI is InChI=1S/C9H8BrNO/c1-5-4-8(10)11-9-6(5)2-3-7(9)12/h4H,2-3H2,1H3. The van der Waals surface area contributed by atoms with Crippen molar-refractivity contribution in [1.82, 2.24) is 4.98 Å². The van der Waals surface area contributed by atoms with Crippen LogP contribution in [0.4, 0.5) is 0 Å². The summed E-state index contributed by atoms with van der Waals surface area (Å²) in [6, 6.07) is 1.96. The number of fused-ring (bicyclic) bond motifs is 1. The van der Waals surface area contributed by atoms with Crippen LogP contribution in [0.3, 0.4) is 0 Å². The lowest BCUT2D eigenvalue weighted by molar-refractivity contribution is 0.0990. The normalized spacial score (nSPS) is 15.0. The first-order valence-electron chi connectivity index (χ1n) is 3.87. The molecule has 62 valence electrons. The van der Waals surface area contributed by atoms with E-state index in [1.807, 2.05) is 13.0 Å². The average molecular weight is 226 g/mol. The van der Waals surface area contributed by atoms with Crippen LogP contribution in [0.2, 0.25) is 0 Å². The molecule has 1 aromatic rings. The van der Waals surface area contributed by atoms with Crippen LogP contribution in [0.5, 0.6) is 0 Å². The summed E-state index contributed by atoms with van der Waals surface area (Å²) in [5.74, 6) is 0.175. The number of rotatable bonds is 0. The highest BCUT2D eigenvalue weighted by atomic mass is 79.9. The molecular formula is C9H8BrNO. The number of carbonyl (C=O) groups excluding carboxylic acids is 1. The van der Waals surface area contributed by atoms with E-state index in [4.69, 9.17) is 0 Å². The highest BCUT2D eigenvalue weighted by Gasteiger charge is 2.22. The van der Waals surface area contributed by atoms with Gasteiger partial charge in [0.05, 0.1) is 0 Å². The number of ketones is 1. The Hall–Kier alpha value is -0.700. The number of aromatic nitrogens is 1. The molecule has 3 heteroatoms. The number of nitrogens with zero attached hydrogens (tertiary/aromatic N) is 1. The van der Waals surface area contributed by atoms with Crippen LogP contribution < -0.4 is 0 Å². The maximum Gasteiger partial charge on any atom is 0.181 e. The molecule has 0 unspecified atom stereocenters. The maximum absolute atomic E-state index is 11.3. The summed E-state index contributed by atoms with van der Waals surface area (Å²) < 4.78 is 0.758. The molecule has 12 heavy (non-hydrogen) atoms. The van der Waals surface area contributed by atoms with E-state index in [0.29, 0.717) is 12.1 Å². The number of hydrogen-bond acceptors (Lipinski definition) is 2. The Morgan fingerprint density at radius 2 is 2.25 bits per heavy atom. The lowest BCUT2D eigenvalue weighted by Crippen LogP contribution is -1.97. The van der Waals surface area contributed by atoms with Gasteiger partial charge >= 0.3 is 0 Å². The molecule has 1 aliphatic rings. The van der Waals surface area contributed by atoms with Gasteiger partial charge in [-0.2, -0.15) is 0 Å². The minimum atomic E-state index is 0.175. The molecule has 0 radical (unpaired) electrons. The van der Waals surface area contributed by atoms with Crippen molar-refractivity contribution in [2.75, 3.05) is 0 Å². The SMILES string of the molecule is Cc1cc(Br)nc2c1CCC2=O. The van der Waals surface area contributed by atoms with E-state index in [1.54, 1.807) is 0 Å². The smallest absolute Gasteiger partial charge is 0.181 e. The molecule has 0 N–H and O–H groups in total. The summed E-state index contributed by atoms with van der Waals surface area (Å²) in [6.07, 6.45) is 1.49. The molecule has 0 aliphatic heterocycles. The fourth-order valence-electron chi connectivity index (χ4n) is 1.56. The number of aryl methyl sites for hydroxylation is 1. The van der Waals surface area contributed by atoms with Crippen LogP contribution >= 0.6 is 15.9 Å². The highest BCUT2D eigenvalue weighted by molar-refractivity contribution is 9.10. The van der Waals surface area contributed by atoms with Gasteiger partial charge in [-0.15, -0.1) is 0 Å². The molecule has 1 aromatic heterocycles. The quantitative estimate of drug-likeness (QED) is 0.635. The minimum absolute atomic E-state index is 0.175. The van der Waals surface area contributed by atoms with Crippen LogP contribution in [0, 0.1) is 6.92 Å². The van der Waals surface area contributed by atoms with Gasteiger partial charge in [-0.1, -0.05) is 0 Å². The van der Waals surface area contributed by atoms with E-state index < -0.39 is 0 Å². The highest BCUT2D eigenvalue weighted by Crippen LogP contribution is 2.25. The first-order chi connectivity index (χ1) is 5.68. The van der Waals surface area contributed by atoms with Crippen LogP contribution in [-0.4, -0.2) is 10.8 Å². The second-order valence-corrected chi connectivity index (χ2v) is 3.82. The first kappa shape index (κ1) is 7.92. The van der Waals surface area contributed by atoms with Gasteiger partial charge in [0.1, 0.15) is 10.3 Å². The van der Waals surface area contributed by atoms with Crippen LogP contribution in [0.1, 0.15) is 28.0 Å². The molecule has 1 heterocycles. The molecule has 0 spiro atoms. The summed E-state index contributed by atoms with van der Waals surface area (Å²) in [7, 11) is 0. The molecule has 0 atom stereocenters. The third kappa shape index (κ3) is 1.08. The fourth-order valence-corrected chi connectivity index (χ4v) is 2.08. The number of pyridine rings is 1. The second kappa shape index (κ2) is 2.66. The zero-order valence-electron chi connectivity index (χ0n) is 6.72. The van der Waals surface area contributed by atoms with Crippen molar-refractivity contribution in [3.8, 4) is 0 Å². The minimum Gasteiger partial charge on any atom is -0.292 e. The number of carbonyl (C=O) groups is 1. The van der Waals surface area contributed by atoms with Gasteiger partial charge in [-0.3, -0.25) is 4.79 Å². The van der Waals surface area contributed by atoms with Gasteiger partial charge in [0.2, 0.25) is 0 Å². The Bertz CT molecular complexity index is 360. The summed E-state index contributed by atoms with van der Waals surface area (Å²) in [4.78, 5) is 15.4. The monoisotopic (exact) mass is 225 g/mol. The van der Waals surface area contributed by atoms with Gasteiger partial charge in [0.15, 0.2) is 5.78 Å². The number of halogens is 1. The van der Waals surface area contributed by atoms with Crippen molar-refractivity contribution in [3.05, 3.63) is 27.5 Å². The van der Waals surface area contributed by atoms with E-state index in [-0.39, 0.29) is 5.78 Å². The van der Waals surface area contributed by atoms with E-state index >= 15 is 0 Å². The summed E-state index contributed by atoms with van der Waals surface area (Å²) in [5, 5.41) is 0. The predicted octanol–water partition coefficient (Wildman–Crippen LogP) is 2.28. The molecule has 0 aromatic carbocycles. The Morgan fingerprint density at radius 1 is 1.50 bits per heavy atom. The van der Waals surface area contributed by atoms with Gasteiger partial charge < -0.3 is 0 Å². The zero-order chi connectivity index (χ0) is 8.72. The Kier molecular flexibility index (Phi) is 1.76.